The number of hydrogen-bond donors (Lipinski definition) is 2. The second-order valence-electron chi connectivity index (χ2n) is 3.33. The Hall–Kier alpha value is -0.120. The van der Waals surface area contributed by atoms with Crippen molar-refractivity contribution in [3.8, 4) is 0 Å². The monoisotopic (exact) mass is 203 g/mol. The first-order valence-electron chi connectivity index (χ1n) is 5.86. The molecule has 0 aliphatic heterocycles. The molecule has 0 aliphatic rings. The SMILES string of the molecule is CC.CCN(CCN)CCNC(C)C. The molecule has 0 amide bonds. The topological polar surface area (TPSA) is 41.3 Å². The van der Waals surface area contributed by atoms with Gasteiger partial charge in [0.25, 0.3) is 0 Å². The van der Waals surface area contributed by atoms with Gasteiger partial charge in [-0.1, -0.05) is 34.6 Å². The fraction of sp³-hybridized carbons (Fsp3) is 1.00. The van der Waals surface area contributed by atoms with E-state index in [2.05, 4.69) is 31.0 Å². The second kappa shape index (κ2) is 12.9. The number of rotatable bonds is 7. The normalized spacial score (nSPS) is 10.3. The third-order valence-corrected chi connectivity index (χ3v) is 1.87. The van der Waals surface area contributed by atoms with Crippen LogP contribution in [0.1, 0.15) is 34.6 Å². The predicted molar refractivity (Wildman–Crippen MR) is 65.7 cm³/mol. The number of nitrogens with zero attached hydrogens (tertiary/aromatic N) is 1. The van der Waals surface area contributed by atoms with E-state index in [1.165, 1.54) is 0 Å². The lowest BCUT2D eigenvalue weighted by Crippen LogP contribution is -2.37. The molecule has 0 saturated carbocycles. The van der Waals surface area contributed by atoms with Crippen LogP contribution < -0.4 is 11.1 Å². The van der Waals surface area contributed by atoms with Crippen LogP contribution in [0.25, 0.3) is 0 Å². The van der Waals surface area contributed by atoms with E-state index < -0.39 is 0 Å². The summed E-state index contributed by atoms with van der Waals surface area (Å²) in [4.78, 5) is 2.36. The molecular formula is C11H29N3. The van der Waals surface area contributed by atoms with Gasteiger partial charge in [0.05, 0.1) is 0 Å². The van der Waals surface area contributed by atoms with Crippen molar-refractivity contribution in [2.45, 2.75) is 40.7 Å². The lowest BCUT2D eigenvalue weighted by molar-refractivity contribution is 0.292. The first-order valence-corrected chi connectivity index (χ1v) is 5.86. The summed E-state index contributed by atoms with van der Waals surface area (Å²) in [6, 6.07) is 0.585. The second-order valence-corrected chi connectivity index (χ2v) is 3.33. The van der Waals surface area contributed by atoms with E-state index in [1.807, 2.05) is 13.8 Å². The van der Waals surface area contributed by atoms with Crippen molar-refractivity contribution in [1.82, 2.24) is 10.2 Å². The number of nitrogens with two attached hydrogens (primary N) is 1. The molecule has 0 aliphatic carbocycles. The molecule has 3 heteroatoms. The van der Waals surface area contributed by atoms with E-state index in [0.717, 1.165) is 32.7 Å². The van der Waals surface area contributed by atoms with Gasteiger partial charge in [-0.15, -0.1) is 0 Å². The molecule has 14 heavy (non-hydrogen) atoms. The summed E-state index contributed by atoms with van der Waals surface area (Å²) in [6.07, 6.45) is 0. The van der Waals surface area contributed by atoms with Gasteiger partial charge < -0.3 is 16.0 Å². The maximum Gasteiger partial charge on any atom is 0.0107 e. The van der Waals surface area contributed by atoms with Gasteiger partial charge in [-0.3, -0.25) is 0 Å². The van der Waals surface area contributed by atoms with E-state index in [0.29, 0.717) is 6.04 Å². The minimum Gasteiger partial charge on any atom is -0.329 e. The highest BCUT2D eigenvalue weighted by Gasteiger charge is 1.99. The van der Waals surface area contributed by atoms with Gasteiger partial charge >= 0.3 is 0 Å². The summed E-state index contributed by atoms with van der Waals surface area (Å²) in [5.74, 6) is 0. The minimum absolute atomic E-state index is 0.585. The van der Waals surface area contributed by atoms with Crippen molar-refractivity contribution >= 4 is 0 Å². The molecule has 3 nitrogen and oxygen atoms in total. The van der Waals surface area contributed by atoms with Gasteiger partial charge in [0.1, 0.15) is 0 Å². The Morgan fingerprint density at radius 1 is 1.21 bits per heavy atom. The molecule has 0 atom stereocenters. The van der Waals surface area contributed by atoms with Crippen LogP contribution in [-0.2, 0) is 0 Å². The lowest BCUT2D eigenvalue weighted by Gasteiger charge is -2.20. The average Bonchev–Trinajstić information content (AvgIpc) is 2.19. The third-order valence-electron chi connectivity index (χ3n) is 1.87. The van der Waals surface area contributed by atoms with Gasteiger partial charge in [-0.05, 0) is 6.54 Å². The third kappa shape index (κ3) is 11.9. The van der Waals surface area contributed by atoms with E-state index in [9.17, 15) is 0 Å². The van der Waals surface area contributed by atoms with Crippen LogP contribution in [0.5, 0.6) is 0 Å². The Bertz CT molecular complexity index is 94.5. The Kier molecular flexibility index (Phi) is 15.0. The van der Waals surface area contributed by atoms with Crippen molar-refractivity contribution in [2.24, 2.45) is 5.73 Å². The highest BCUT2D eigenvalue weighted by molar-refractivity contribution is 4.59. The highest BCUT2D eigenvalue weighted by atomic mass is 15.1. The maximum absolute atomic E-state index is 5.47. The molecule has 0 radical (unpaired) electrons. The van der Waals surface area contributed by atoms with Crippen LogP contribution in [0.3, 0.4) is 0 Å². The van der Waals surface area contributed by atoms with Crippen molar-refractivity contribution in [3.63, 3.8) is 0 Å². The summed E-state index contributed by atoms with van der Waals surface area (Å²) in [7, 11) is 0. The summed E-state index contributed by atoms with van der Waals surface area (Å²) >= 11 is 0. The lowest BCUT2D eigenvalue weighted by atomic mass is 10.4. The van der Waals surface area contributed by atoms with Crippen LogP contribution >= 0.6 is 0 Å². The van der Waals surface area contributed by atoms with E-state index in [4.69, 9.17) is 5.73 Å². The minimum atomic E-state index is 0.585. The molecule has 0 fully saturated rings. The molecular weight excluding hydrogens is 174 g/mol. The zero-order valence-corrected chi connectivity index (χ0v) is 10.6. The van der Waals surface area contributed by atoms with Crippen LogP contribution in [0.4, 0.5) is 0 Å². The predicted octanol–water partition coefficient (Wildman–Crippen LogP) is 1.29. The molecule has 0 bridgehead atoms. The summed E-state index contributed by atoms with van der Waals surface area (Å²) < 4.78 is 0. The fourth-order valence-electron chi connectivity index (χ4n) is 1.12. The Balaban J connectivity index is 0. The molecule has 0 heterocycles. The smallest absolute Gasteiger partial charge is 0.0107 e. The first-order chi connectivity index (χ1) is 6.70. The molecule has 0 aromatic carbocycles. The van der Waals surface area contributed by atoms with Gasteiger partial charge in [0, 0.05) is 32.2 Å². The van der Waals surface area contributed by atoms with Gasteiger partial charge in [-0.2, -0.15) is 0 Å². The van der Waals surface area contributed by atoms with Crippen LogP contribution in [0.2, 0.25) is 0 Å². The first kappa shape index (κ1) is 16.3. The fourth-order valence-corrected chi connectivity index (χ4v) is 1.12. The molecule has 0 aromatic heterocycles. The van der Waals surface area contributed by atoms with Gasteiger partial charge in [-0.25, -0.2) is 0 Å². The van der Waals surface area contributed by atoms with Crippen molar-refractivity contribution < 1.29 is 0 Å². The Morgan fingerprint density at radius 2 is 1.79 bits per heavy atom. The quantitative estimate of drug-likeness (QED) is 0.655. The molecule has 0 unspecified atom stereocenters. The van der Waals surface area contributed by atoms with Gasteiger partial charge in [0.2, 0.25) is 0 Å². The number of likely N-dealkylation sites (N-methyl/N-ethyl adjacent to an activating group) is 1. The number of hydrogen-bond acceptors (Lipinski definition) is 3. The molecule has 0 spiro atoms. The number of nitrogens with one attached hydrogen (secondary N) is 1. The molecule has 0 saturated heterocycles. The van der Waals surface area contributed by atoms with Crippen LogP contribution in [0, 0.1) is 0 Å². The van der Waals surface area contributed by atoms with Gasteiger partial charge in [0.15, 0.2) is 0 Å². The summed E-state index contributed by atoms with van der Waals surface area (Å²) in [5.41, 5.74) is 5.47. The largest absolute Gasteiger partial charge is 0.329 e. The maximum atomic E-state index is 5.47. The van der Waals surface area contributed by atoms with Crippen LogP contribution in [-0.4, -0.2) is 43.7 Å². The Morgan fingerprint density at radius 3 is 2.14 bits per heavy atom. The average molecular weight is 203 g/mol. The van der Waals surface area contributed by atoms with E-state index >= 15 is 0 Å². The molecule has 0 aromatic rings. The highest BCUT2D eigenvalue weighted by Crippen LogP contribution is 1.85. The Labute approximate surface area is 90.0 Å². The molecule has 3 N–H and O–H groups in total. The van der Waals surface area contributed by atoms with Crippen molar-refractivity contribution in [3.05, 3.63) is 0 Å². The summed E-state index contributed by atoms with van der Waals surface area (Å²) in [5, 5.41) is 3.39. The molecule has 0 rings (SSSR count). The van der Waals surface area contributed by atoms with E-state index in [-0.39, 0.29) is 0 Å². The van der Waals surface area contributed by atoms with Crippen molar-refractivity contribution in [1.29, 1.82) is 0 Å². The standard InChI is InChI=1S/C9H23N3.C2H6/c1-4-12(7-5-10)8-6-11-9(2)3;1-2/h9,11H,4-8,10H2,1-3H3;1-2H3. The summed E-state index contributed by atoms with van der Waals surface area (Å²) in [6.45, 7) is 15.5. The van der Waals surface area contributed by atoms with Crippen LogP contribution in [0.15, 0.2) is 0 Å². The molecule has 88 valence electrons. The van der Waals surface area contributed by atoms with E-state index in [1.54, 1.807) is 0 Å². The zero-order valence-electron chi connectivity index (χ0n) is 10.6. The van der Waals surface area contributed by atoms with Crippen molar-refractivity contribution in [2.75, 3.05) is 32.7 Å². The zero-order chi connectivity index (χ0) is 11.4.